The molecule has 2 aromatic heterocycles. The first-order valence-electron chi connectivity index (χ1n) is 25.4. The smallest absolute Gasteiger partial charge is 0.238 e. The number of allylic oxidation sites excluding steroid dienone is 2. The fourth-order valence-corrected chi connectivity index (χ4v) is 11.9. The Balaban J connectivity index is 0.900. The van der Waals surface area contributed by atoms with Crippen molar-refractivity contribution in [2.24, 2.45) is 0 Å². The Bertz CT molecular complexity index is 4330. The SMILES string of the molecule is C1=CC2C(C=C1c1ccc3c(c1)c1cc(-c4ccccc4)ccc1n3-c1nc(-c3ccccc3)nc(-c3ccccc3)n1)c1cc(-c3ccccc3)ccc1N2c1ccc2c3ccccc3c3ccccc3c2c1. The van der Waals surface area contributed by atoms with Crippen LogP contribution in [0.2, 0.25) is 0 Å². The van der Waals surface area contributed by atoms with Crippen molar-refractivity contribution in [1.29, 1.82) is 0 Å². The summed E-state index contributed by atoms with van der Waals surface area (Å²) in [5.41, 5.74) is 14.8. The lowest BCUT2D eigenvalue weighted by Crippen LogP contribution is -2.28. The summed E-state index contributed by atoms with van der Waals surface area (Å²) in [7, 11) is 0. The third-order valence-corrected chi connectivity index (χ3v) is 15.4. The van der Waals surface area contributed by atoms with Gasteiger partial charge in [-0.2, -0.15) is 9.97 Å². The van der Waals surface area contributed by atoms with E-state index in [1.165, 1.54) is 71.5 Å². The second kappa shape index (κ2) is 17.0. The largest absolute Gasteiger partial charge is 0.333 e. The van der Waals surface area contributed by atoms with Crippen LogP contribution in [0.5, 0.6) is 0 Å². The maximum atomic E-state index is 5.24. The Kier molecular flexibility index (Phi) is 9.64. The fraction of sp³-hybridized carbons (Fsp3) is 0.0290. The highest BCUT2D eigenvalue weighted by Crippen LogP contribution is 2.51. The molecule has 0 spiro atoms. The predicted octanol–water partition coefficient (Wildman–Crippen LogP) is 17.4. The van der Waals surface area contributed by atoms with Crippen LogP contribution in [0.1, 0.15) is 17.0 Å². The van der Waals surface area contributed by atoms with Gasteiger partial charge in [0, 0.05) is 39.2 Å². The predicted molar refractivity (Wildman–Crippen MR) is 307 cm³/mol. The van der Waals surface area contributed by atoms with Crippen molar-refractivity contribution in [1.82, 2.24) is 19.5 Å². The second-order valence-electron chi connectivity index (χ2n) is 19.5. The third kappa shape index (κ3) is 6.82. The summed E-state index contributed by atoms with van der Waals surface area (Å²) < 4.78 is 2.22. The summed E-state index contributed by atoms with van der Waals surface area (Å²) in [6.45, 7) is 0. The molecule has 0 saturated heterocycles. The van der Waals surface area contributed by atoms with Crippen molar-refractivity contribution < 1.29 is 0 Å². The van der Waals surface area contributed by atoms with E-state index in [0.29, 0.717) is 17.6 Å². The van der Waals surface area contributed by atoms with E-state index >= 15 is 0 Å². The molecule has 1 aliphatic heterocycles. The van der Waals surface area contributed by atoms with Crippen LogP contribution < -0.4 is 4.90 Å². The molecule has 3 heterocycles. The fourth-order valence-electron chi connectivity index (χ4n) is 11.9. The maximum Gasteiger partial charge on any atom is 0.238 e. The first-order chi connectivity index (χ1) is 36.7. The molecule has 346 valence electrons. The van der Waals surface area contributed by atoms with Crippen molar-refractivity contribution in [3.63, 3.8) is 0 Å². The second-order valence-corrected chi connectivity index (χ2v) is 19.5. The van der Waals surface area contributed by atoms with Gasteiger partial charge in [-0.25, -0.2) is 4.98 Å². The van der Waals surface area contributed by atoms with E-state index in [1.54, 1.807) is 0 Å². The summed E-state index contributed by atoms with van der Waals surface area (Å²) in [6, 6.07) is 87.4. The number of hydrogen-bond donors (Lipinski definition) is 0. The first kappa shape index (κ1) is 42.0. The number of nitrogens with zero attached hydrogens (tertiary/aromatic N) is 5. The number of anilines is 2. The van der Waals surface area contributed by atoms with Crippen molar-refractivity contribution in [3.05, 3.63) is 272 Å². The molecule has 5 heteroatoms. The van der Waals surface area contributed by atoms with Gasteiger partial charge >= 0.3 is 0 Å². The van der Waals surface area contributed by atoms with Gasteiger partial charge in [-0.3, -0.25) is 4.57 Å². The molecular weight excluding hydrogens is 899 g/mol. The minimum atomic E-state index is 0.0736. The Morgan fingerprint density at radius 1 is 0.338 bits per heavy atom. The molecule has 0 amide bonds. The zero-order valence-electron chi connectivity index (χ0n) is 40.2. The average molecular weight is 944 g/mol. The van der Waals surface area contributed by atoms with Crippen LogP contribution in [0.15, 0.2) is 261 Å². The molecule has 1 aliphatic carbocycles. The number of benzene rings is 11. The van der Waals surface area contributed by atoms with Gasteiger partial charge in [0.2, 0.25) is 5.95 Å². The van der Waals surface area contributed by atoms with E-state index in [0.717, 1.165) is 44.1 Å². The van der Waals surface area contributed by atoms with E-state index in [2.05, 4.69) is 234 Å². The van der Waals surface area contributed by atoms with Gasteiger partial charge in [-0.15, -0.1) is 0 Å². The van der Waals surface area contributed by atoms with Crippen LogP contribution in [0, 0.1) is 0 Å². The minimum Gasteiger partial charge on any atom is -0.333 e. The quantitative estimate of drug-likeness (QED) is 0.149. The van der Waals surface area contributed by atoms with Gasteiger partial charge in [0.25, 0.3) is 0 Å². The maximum absolute atomic E-state index is 5.24. The molecule has 13 aromatic rings. The van der Waals surface area contributed by atoms with E-state index in [-0.39, 0.29) is 12.0 Å². The van der Waals surface area contributed by atoms with Crippen molar-refractivity contribution in [2.75, 3.05) is 4.90 Å². The first-order valence-corrected chi connectivity index (χ1v) is 25.4. The highest BCUT2D eigenvalue weighted by molar-refractivity contribution is 6.26. The Morgan fingerprint density at radius 3 is 1.39 bits per heavy atom. The average Bonchev–Trinajstić information content (AvgIpc) is 4.02. The molecule has 0 fully saturated rings. The molecule has 2 aliphatic rings. The molecular formula is C69H45N5. The topological polar surface area (TPSA) is 46.8 Å². The van der Waals surface area contributed by atoms with Crippen LogP contribution in [0.25, 0.3) is 111 Å². The minimum absolute atomic E-state index is 0.0736. The summed E-state index contributed by atoms with van der Waals surface area (Å²) in [6.07, 6.45) is 7.30. The molecule has 0 N–H and O–H groups in total. The van der Waals surface area contributed by atoms with Crippen LogP contribution in [-0.2, 0) is 0 Å². The lowest BCUT2D eigenvalue weighted by atomic mass is 9.85. The van der Waals surface area contributed by atoms with E-state index in [1.807, 2.05) is 36.4 Å². The molecule has 2 atom stereocenters. The van der Waals surface area contributed by atoms with Crippen molar-refractivity contribution in [2.45, 2.75) is 12.0 Å². The summed E-state index contributed by atoms with van der Waals surface area (Å²) in [4.78, 5) is 18.1. The standard InChI is InChI=1S/C69H45N5/c1-5-17-44(18-6-1)48-29-35-63-59(39-48)60-41-50(31-36-64(60)73(63)52-33-34-57-55-27-14-13-25-53(55)54-26-15-16-28-56(54)58(57)43-52)51-32-38-66-62(42-51)61-40-49(45-19-7-2-8-20-45)30-37-65(61)74(66)69-71-67(46-21-9-3-10-22-46)70-68(72-69)47-23-11-4-12-24-47/h1-43,60,64H. The van der Waals surface area contributed by atoms with Gasteiger partial charge in [0.05, 0.1) is 17.1 Å². The van der Waals surface area contributed by atoms with Crippen molar-refractivity contribution >= 4 is 71.1 Å². The monoisotopic (exact) mass is 943 g/mol. The van der Waals surface area contributed by atoms with Gasteiger partial charge in [0.1, 0.15) is 0 Å². The van der Waals surface area contributed by atoms with Gasteiger partial charge in [-0.05, 0) is 120 Å². The molecule has 5 nitrogen and oxygen atoms in total. The van der Waals surface area contributed by atoms with E-state index < -0.39 is 0 Å². The molecule has 74 heavy (non-hydrogen) atoms. The normalized spacial score (nSPS) is 15.0. The number of hydrogen-bond acceptors (Lipinski definition) is 4. The van der Waals surface area contributed by atoms with Crippen LogP contribution in [0.3, 0.4) is 0 Å². The number of fused-ring (bicyclic) bond motifs is 12. The van der Waals surface area contributed by atoms with Gasteiger partial charge in [-0.1, -0.05) is 212 Å². The Labute approximate surface area is 428 Å². The van der Waals surface area contributed by atoms with E-state index in [4.69, 9.17) is 15.0 Å². The zero-order chi connectivity index (χ0) is 48.7. The summed E-state index contributed by atoms with van der Waals surface area (Å²) in [5, 5.41) is 9.93. The molecule has 2 unspecified atom stereocenters. The Hall–Kier alpha value is -9.71. The van der Waals surface area contributed by atoms with Crippen LogP contribution in [-0.4, -0.2) is 25.6 Å². The lowest BCUT2D eigenvalue weighted by Gasteiger charge is -2.30. The third-order valence-electron chi connectivity index (χ3n) is 15.4. The lowest BCUT2D eigenvalue weighted by molar-refractivity contribution is 0.747. The molecule has 0 bridgehead atoms. The summed E-state index contributed by atoms with van der Waals surface area (Å²) in [5.74, 6) is 1.92. The molecule has 15 rings (SSSR count). The zero-order valence-corrected chi connectivity index (χ0v) is 40.2. The molecule has 11 aromatic carbocycles. The van der Waals surface area contributed by atoms with Crippen LogP contribution in [0.4, 0.5) is 11.4 Å². The highest BCUT2D eigenvalue weighted by atomic mass is 15.2. The van der Waals surface area contributed by atoms with E-state index in [9.17, 15) is 0 Å². The van der Waals surface area contributed by atoms with Gasteiger partial charge < -0.3 is 4.90 Å². The van der Waals surface area contributed by atoms with Crippen molar-refractivity contribution in [3.8, 4) is 51.0 Å². The van der Waals surface area contributed by atoms with Gasteiger partial charge in [0.15, 0.2) is 11.6 Å². The molecule has 0 radical (unpaired) electrons. The van der Waals surface area contributed by atoms with Crippen LogP contribution >= 0.6 is 0 Å². The highest BCUT2D eigenvalue weighted by Gasteiger charge is 2.39. The molecule has 0 saturated carbocycles. The summed E-state index contributed by atoms with van der Waals surface area (Å²) >= 11 is 0. The number of aromatic nitrogens is 4. The Morgan fingerprint density at radius 2 is 0.811 bits per heavy atom. The number of rotatable bonds is 7.